The number of piperidine rings is 1. The second-order valence-corrected chi connectivity index (χ2v) is 9.15. The molecule has 1 saturated heterocycles. The number of likely N-dealkylation sites (tertiary alicyclic amines) is 1. The molecule has 0 aliphatic carbocycles. The Labute approximate surface area is 215 Å². The minimum Gasteiger partial charge on any atom is -0.491 e. The lowest BCUT2D eigenvalue weighted by molar-refractivity contribution is -0.0254. The molecule has 8 heteroatoms. The summed E-state index contributed by atoms with van der Waals surface area (Å²) in [5.41, 5.74) is 1.97. The van der Waals surface area contributed by atoms with Gasteiger partial charge in [0.1, 0.15) is 5.75 Å². The van der Waals surface area contributed by atoms with E-state index >= 15 is 0 Å². The Morgan fingerprint density at radius 2 is 1.65 bits per heavy atom. The lowest BCUT2D eigenvalue weighted by Gasteiger charge is -2.39. The van der Waals surface area contributed by atoms with Crippen LogP contribution in [0.2, 0.25) is 0 Å². The van der Waals surface area contributed by atoms with E-state index in [4.69, 9.17) is 9.84 Å². The summed E-state index contributed by atoms with van der Waals surface area (Å²) in [6.45, 7) is 7.53. The summed E-state index contributed by atoms with van der Waals surface area (Å²) >= 11 is 0. The summed E-state index contributed by atoms with van der Waals surface area (Å²) in [7, 11) is 2.06. The summed E-state index contributed by atoms with van der Waals surface area (Å²) in [4.78, 5) is 15.5. The zero-order valence-electron chi connectivity index (χ0n) is 20.3. The maximum absolute atomic E-state index is 11.1. The third-order valence-electron chi connectivity index (χ3n) is 6.27. The molecule has 2 aromatic carbocycles. The first-order valence-electron chi connectivity index (χ1n) is 11.5. The number of carbonyl (C=O) groups is 1. The molecule has 3 rings (SSSR count). The van der Waals surface area contributed by atoms with Crippen molar-refractivity contribution < 1.29 is 19.7 Å². The molecule has 190 valence electrons. The third kappa shape index (κ3) is 8.99. The van der Waals surface area contributed by atoms with Crippen LogP contribution in [0.5, 0.6) is 5.75 Å². The fourth-order valence-corrected chi connectivity index (χ4v) is 4.10. The molecule has 1 fully saturated rings. The van der Waals surface area contributed by atoms with Gasteiger partial charge in [-0.25, -0.2) is 4.79 Å². The van der Waals surface area contributed by atoms with Gasteiger partial charge in [0.05, 0.1) is 17.3 Å². The summed E-state index contributed by atoms with van der Waals surface area (Å²) in [5.74, 6) is -0.0179. The van der Waals surface area contributed by atoms with Crippen molar-refractivity contribution in [1.82, 2.24) is 4.90 Å². The fraction of sp³-hybridized carbons (Fsp3) is 0.500. The number of aromatic carboxylic acids is 1. The van der Waals surface area contributed by atoms with Gasteiger partial charge in [0.25, 0.3) is 0 Å². The number of hydrogen-bond donors (Lipinski definition) is 2. The molecule has 0 atom stereocenters. The van der Waals surface area contributed by atoms with Gasteiger partial charge in [0.2, 0.25) is 0 Å². The normalized spacial score (nSPS) is 15.2. The smallest absolute Gasteiger partial charge is 0.335 e. The van der Waals surface area contributed by atoms with Gasteiger partial charge in [0, 0.05) is 38.9 Å². The van der Waals surface area contributed by atoms with Crippen LogP contribution in [0.3, 0.4) is 0 Å². The number of rotatable bonds is 10. The lowest BCUT2D eigenvalue weighted by Crippen LogP contribution is -2.46. The topological polar surface area (TPSA) is 73.2 Å². The Kier molecular flexibility index (Phi) is 12.2. The van der Waals surface area contributed by atoms with Gasteiger partial charge in [-0.1, -0.05) is 12.1 Å². The molecule has 0 saturated carbocycles. The van der Waals surface area contributed by atoms with Crippen molar-refractivity contribution in [2.75, 3.05) is 38.1 Å². The Morgan fingerprint density at radius 3 is 2.18 bits per heavy atom. The molecule has 1 heterocycles. The zero-order chi connectivity index (χ0) is 23.1. The van der Waals surface area contributed by atoms with E-state index < -0.39 is 11.6 Å². The van der Waals surface area contributed by atoms with E-state index in [1.54, 1.807) is 12.1 Å². The first-order chi connectivity index (χ1) is 15.2. The highest BCUT2D eigenvalue weighted by Crippen LogP contribution is 2.27. The molecule has 6 nitrogen and oxygen atoms in total. The minimum absolute atomic E-state index is 0. The number of nitrogens with zero attached hydrogens (tertiary/aromatic N) is 2. The Morgan fingerprint density at radius 1 is 1.06 bits per heavy atom. The maximum atomic E-state index is 11.1. The van der Waals surface area contributed by atoms with E-state index in [9.17, 15) is 9.90 Å². The van der Waals surface area contributed by atoms with Crippen molar-refractivity contribution in [1.29, 1.82) is 0 Å². The molecule has 2 aromatic rings. The summed E-state index contributed by atoms with van der Waals surface area (Å²) in [6.07, 6.45) is 3.35. The van der Waals surface area contributed by atoms with Gasteiger partial charge in [-0.2, -0.15) is 0 Å². The molecule has 0 aromatic heterocycles. The molecule has 0 spiro atoms. The van der Waals surface area contributed by atoms with E-state index in [2.05, 4.69) is 29.0 Å². The van der Waals surface area contributed by atoms with Crippen LogP contribution in [0, 0.1) is 0 Å². The van der Waals surface area contributed by atoms with Gasteiger partial charge in [0.15, 0.2) is 0 Å². The molecule has 1 aliphatic heterocycles. The molecule has 0 radical (unpaired) electrons. The van der Waals surface area contributed by atoms with Gasteiger partial charge in [-0.3, -0.25) is 0 Å². The highest BCUT2D eigenvalue weighted by molar-refractivity contribution is 5.87. The van der Waals surface area contributed by atoms with Gasteiger partial charge >= 0.3 is 5.97 Å². The van der Waals surface area contributed by atoms with E-state index in [1.165, 1.54) is 0 Å². The number of hydrogen-bond acceptors (Lipinski definition) is 5. The summed E-state index contributed by atoms with van der Waals surface area (Å²) < 4.78 is 5.71. The van der Waals surface area contributed by atoms with Crippen molar-refractivity contribution in [3.63, 3.8) is 0 Å². The number of anilines is 1. The van der Waals surface area contributed by atoms with Crippen LogP contribution >= 0.6 is 24.8 Å². The summed E-state index contributed by atoms with van der Waals surface area (Å²) in [6, 6.07) is 15.2. The minimum atomic E-state index is -0.894. The molecule has 2 N–H and O–H groups in total. The Hall–Kier alpha value is -1.99. The van der Waals surface area contributed by atoms with Crippen molar-refractivity contribution in [2.24, 2.45) is 0 Å². The monoisotopic (exact) mass is 512 g/mol. The Balaban J connectivity index is 0.00000289. The van der Waals surface area contributed by atoms with Crippen LogP contribution in [0.4, 0.5) is 5.69 Å². The number of aliphatic hydroxyl groups is 1. The number of carboxylic acid groups (broad SMARTS) is 1. The third-order valence-corrected chi connectivity index (χ3v) is 6.27. The van der Waals surface area contributed by atoms with Gasteiger partial charge < -0.3 is 24.7 Å². The fourth-order valence-electron chi connectivity index (χ4n) is 4.10. The van der Waals surface area contributed by atoms with Gasteiger partial charge in [-0.15, -0.1) is 24.8 Å². The van der Waals surface area contributed by atoms with Gasteiger partial charge in [-0.05, 0) is 81.5 Å². The number of halogens is 2. The second-order valence-electron chi connectivity index (χ2n) is 9.15. The molecular weight excluding hydrogens is 475 g/mol. The quantitative estimate of drug-likeness (QED) is 0.471. The molecular formula is C26H38Cl2N2O4. The van der Waals surface area contributed by atoms with E-state index in [-0.39, 0.29) is 30.9 Å². The lowest BCUT2D eigenvalue weighted by atomic mass is 9.88. The van der Waals surface area contributed by atoms with Crippen molar-refractivity contribution in [2.45, 2.75) is 51.2 Å². The average molecular weight is 514 g/mol. The predicted octanol–water partition coefficient (Wildman–Crippen LogP) is 4.91. The zero-order valence-corrected chi connectivity index (χ0v) is 21.9. The predicted molar refractivity (Wildman–Crippen MR) is 142 cm³/mol. The SMILES string of the molecule is CC(C)Oc1ccc(N(C)CCC2(O)CCN(CCc3ccc(C(=O)O)cc3)CC2)cc1.Cl.Cl. The highest BCUT2D eigenvalue weighted by atomic mass is 35.5. The van der Waals surface area contributed by atoms with E-state index in [0.29, 0.717) is 5.56 Å². The van der Waals surface area contributed by atoms with E-state index in [0.717, 1.165) is 68.9 Å². The first-order valence-corrected chi connectivity index (χ1v) is 11.5. The first kappa shape index (κ1) is 30.0. The number of benzene rings is 2. The molecule has 0 unspecified atom stereocenters. The summed E-state index contributed by atoms with van der Waals surface area (Å²) in [5, 5.41) is 20.1. The molecule has 34 heavy (non-hydrogen) atoms. The molecule has 0 amide bonds. The number of carboxylic acids is 1. The standard InChI is InChI=1S/C26H36N2O4.2ClH/c1-20(2)32-24-10-8-23(9-11-24)27(3)17-13-26(31)14-18-28(19-15-26)16-12-21-4-6-22(7-5-21)25(29)30;;/h4-11,20,31H,12-19H2,1-3H3,(H,29,30);2*1H. The van der Waals surface area contributed by atoms with Crippen LogP contribution in [0.15, 0.2) is 48.5 Å². The Bertz CT molecular complexity index is 867. The van der Waals surface area contributed by atoms with Crippen LogP contribution < -0.4 is 9.64 Å². The second kappa shape index (κ2) is 13.8. The molecule has 0 bridgehead atoms. The number of ether oxygens (including phenoxy) is 1. The highest BCUT2D eigenvalue weighted by Gasteiger charge is 2.32. The van der Waals surface area contributed by atoms with Crippen molar-refractivity contribution in [3.05, 3.63) is 59.7 Å². The van der Waals surface area contributed by atoms with E-state index in [1.807, 2.05) is 38.1 Å². The van der Waals surface area contributed by atoms with Crippen molar-refractivity contribution >= 4 is 36.5 Å². The van der Waals surface area contributed by atoms with Crippen molar-refractivity contribution in [3.8, 4) is 5.75 Å². The van der Waals surface area contributed by atoms with Crippen LogP contribution in [-0.4, -0.2) is 66.0 Å². The molecule has 1 aliphatic rings. The average Bonchev–Trinajstić information content (AvgIpc) is 2.77. The van der Waals surface area contributed by atoms with Crippen LogP contribution in [-0.2, 0) is 6.42 Å². The van der Waals surface area contributed by atoms with Crippen LogP contribution in [0.1, 0.15) is 49.0 Å². The van der Waals surface area contributed by atoms with Crippen LogP contribution in [0.25, 0.3) is 0 Å². The maximum Gasteiger partial charge on any atom is 0.335 e. The largest absolute Gasteiger partial charge is 0.491 e.